The van der Waals surface area contributed by atoms with Gasteiger partial charge < -0.3 is 4.74 Å². The second-order valence-electron chi connectivity index (χ2n) is 6.03. The molecule has 0 unspecified atom stereocenters. The van der Waals surface area contributed by atoms with Crippen LogP contribution in [0.1, 0.15) is 57.4 Å². The first kappa shape index (κ1) is 16.5. The zero-order chi connectivity index (χ0) is 15.9. The van der Waals surface area contributed by atoms with Crippen LogP contribution in [0.2, 0.25) is 0 Å². The van der Waals surface area contributed by atoms with Crippen molar-refractivity contribution in [2.75, 3.05) is 0 Å². The summed E-state index contributed by atoms with van der Waals surface area (Å²) in [5, 5.41) is 8.68. The van der Waals surface area contributed by atoms with Crippen LogP contribution in [0.25, 0.3) is 0 Å². The third kappa shape index (κ3) is 4.30. The van der Waals surface area contributed by atoms with Crippen LogP contribution in [0.3, 0.4) is 0 Å². The maximum Gasteiger partial charge on any atom is 0.314 e. The molecule has 1 aromatic carbocycles. The maximum atomic E-state index is 13.5. The summed E-state index contributed by atoms with van der Waals surface area (Å²) in [6.07, 6.45) is 7.57. The Bertz CT molecular complexity index is 557. The molecule has 0 saturated heterocycles. The maximum absolute atomic E-state index is 13.5. The van der Waals surface area contributed by atoms with E-state index in [4.69, 9.17) is 10.00 Å². The van der Waals surface area contributed by atoms with E-state index < -0.39 is 5.82 Å². The lowest BCUT2D eigenvalue weighted by molar-refractivity contribution is -0.140. The largest absolute Gasteiger partial charge is 0.426 e. The zero-order valence-corrected chi connectivity index (χ0v) is 13.0. The molecule has 0 aromatic heterocycles. The number of carbonyl (C=O) groups is 1. The first-order valence-corrected chi connectivity index (χ1v) is 8.05. The molecule has 0 bridgehead atoms. The van der Waals surface area contributed by atoms with Crippen molar-refractivity contribution < 1.29 is 13.9 Å². The molecule has 1 aliphatic carbocycles. The number of carbonyl (C=O) groups excluding carboxylic acids is 1. The summed E-state index contributed by atoms with van der Waals surface area (Å²) in [4.78, 5) is 12.1. The number of halogens is 1. The summed E-state index contributed by atoms with van der Waals surface area (Å²) in [5.41, 5.74) is -0.0452. The zero-order valence-electron chi connectivity index (χ0n) is 13.0. The molecular weight excluding hydrogens is 281 g/mol. The van der Waals surface area contributed by atoms with Crippen LogP contribution in [0, 0.1) is 29.0 Å². The van der Waals surface area contributed by atoms with Crippen molar-refractivity contribution >= 4 is 5.97 Å². The normalized spacial score (nSPS) is 21.1. The number of rotatable bonds is 5. The van der Waals surface area contributed by atoms with E-state index in [1.54, 1.807) is 6.07 Å². The van der Waals surface area contributed by atoms with E-state index in [-0.39, 0.29) is 23.2 Å². The first-order valence-electron chi connectivity index (χ1n) is 8.05. The Morgan fingerprint density at radius 3 is 2.68 bits per heavy atom. The quantitative estimate of drug-likeness (QED) is 0.590. The molecule has 0 heterocycles. The molecule has 0 N–H and O–H groups in total. The van der Waals surface area contributed by atoms with Gasteiger partial charge in [-0.1, -0.05) is 26.2 Å². The molecule has 3 nitrogen and oxygen atoms in total. The van der Waals surface area contributed by atoms with Crippen molar-refractivity contribution in [1.82, 2.24) is 0 Å². The van der Waals surface area contributed by atoms with E-state index in [9.17, 15) is 9.18 Å². The molecule has 0 radical (unpaired) electrons. The van der Waals surface area contributed by atoms with E-state index in [1.165, 1.54) is 31.4 Å². The Morgan fingerprint density at radius 2 is 2.09 bits per heavy atom. The minimum atomic E-state index is -0.656. The van der Waals surface area contributed by atoms with Crippen molar-refractivity contribution in [3.63, 3.8) is 0 Å². The van der Waals surface area contributed by atoms with Crippen LogP contribution in [0.4, 0.5) is 4.39 Å². The van der Waals surface area contributed by atoms with Crippen LogP contribution in [0.15, 0.2) is 18.2 Å². The second kappa shape index (κ2) is 7.93. The fraction of sp³-hybridized carbons (Fsp3) is 0.556. The lowest BCUT2D eigenvalue weighted by Crippen LogP contribution is -2.25. The molecule has 2 rings (SSSR count). The van der Waals surface area contributed by atoms with Crippen LogP contribution in [0.5, 0.6) is 5.75 Å². The number of nitriles is 1. The smallest absolute Gasteiger partial charge is 0.314 e. The minimum absolute atomic E-state index is 0.0452. The van der Waals surface area contributed by atoms with Gasteiger partial charge in [-0.05, 0) is 43.7 Å². The summed E-state index contributed by atoms with van der Waals surface area (Å²) in [6.45, 7) is 2.19. The van der Waals surface area contributed by atoms with Gasteiger partial charge >= 0.3 is 5.97 Å². The van der Waals surface area contributed by atoms with Crippen molar-refractivity contribution in [2.24, 2.45) is 11.8 Å². The van der Waals surface area contributed by atoms with E-state index >= 15 is 0 Å². The van der Waals surface area contributed by atoms with Gasteiger partial charge in [-0.15, -0.1) is 0 Å². The predicted octanol–water partition coefficient (Wildman–Crippen LogP) is 4.60. The Labute approximate surface area is 131 Å². The molecule has 1 fully saturated rings. The van der Waals surface area contributed by atoms with Crippen LogP contribution in [-0.4, -0.2) is 5.97 Å². The molecule has 1 saturated carbocycles. The molecule has 118 valence electrons. The number of nitrogens with zero attached hydrogens (tertiary/aromatic N) is 1. The average Bonchev–Trinajstić information content (AvgIpc) is 2.53. The lowest BCUT2D eigenvalue weighted by Gasteiger charge is -2.27. The van der Waals surface area contributed by atoms with Gasteiger partial charge in [0, 0.05) is 6.07 Å². The highest BCUT2D eigenvalue weighted by molar-refractivity contribution is 5.75. The van der Waals surface area contributed by atoms with Gasteiger partial charge in [0.15, 0.2) is 0 Å². The third-order valence-corrected chi connectivity index (χ3v) is 4.43. The Hall–Kier alpha value is -1.89. The van der Waals surface area contributed by atoms with E-state index in [2.05, 4.69) is 6.92 Å². The van der Waals surface area contributed by atoms with Crippen molar-refractivity contribution in [3.8, 4) is 11.8 Å². The number of esters is 1. The molecule has 1 aromatic rings. The minimum Gasteiger partial charge on any atom is -0.426 e. The third-order valence-electron chi connectivity index (χ3n) is 4.43. The molecular formula is C18H22FNO2. The molecule has 0 amide bonds. The SMILES string of the molecule is CCCC[C@H]1CC[C@H](C(=O)Oc2ccc(C#N)c(F)c2)CC1. The monoisotopic (exact) mass is 303 g/mol. The van der Waals surface area contributed by atoms with Crippen LogP contribution >= 0.6 is 0 Å². The van der Waals surface area contributed by atoms with E-state index in [0.29, 0.717) is 0 Å². The van der Waals surface area contributed by atoms with Gasteiger partial charge in [0.05, 0.1) is 11.5 Å². The predicted molar refractivity (Wildman–Crippen MR) is 81.7 cm³/mol. The summed E-state index contributed by atoms with van der Waals surface area (Å²) >= 11 is 0. The Morgan fingerprint density at radius 1 is 1.36 bits per heavy atom. The summed E-state index contributed by atoms with van der Waals surface area (Å²) in [7, 11) is 0. The van der Waals surface area contributed by atoms with Crippen molar-refractivity contribution in [3.05, 3.63) is 29.6 Å². The highest BCUT2D eigenvalue weighted by Gasteiger charge is 2.27. The van der Waals surface area contributed by atoms with Gasteiger partial charge in [0.2, 0.25) is 0 Å². The van der Waals surface area contributed by atoms with E-state index in [0.717, 1.165) is 37.7 Å². The Kier molecular flexibility index (Phi) is 5.94. The van der Waals surface area contributed by atoms with Crippen LogP contribution in [-0.2, 0) is 4.79 Å². The van der Waals surface area contributed by atoms with Crippen molar-refractivity contribution in [1.29, 1.82) is 5.26 Å². The molecule has 0 spiro atoms. The topological polar surface area (TPSA) is 50.1 Å². The fourth-order valence-corrected chi connectivity index (χ4v) is 3.03. The Balaban J connectivity index is 1.86. The molecule has 0 aliphatic heterocycles. The second-order valence-corrected chi connectivity index (χ2v) is 6.03. The average molecular weight is 303 g/mol. The van der Waals surface area contributed by atoms with Crippen LogP contribution < -0.4 is 4.74 Å². The number of unbranched alkanes of at least 4 members (excludes halogenated alkanes) is 1. The summed E-state index contributed by atoms with van der Waals surface area (Å²) in [5.74, 6) is -0.114. The van der Waals surface area contributed by atoms with Gasteiger partial charge in [-0.2, -0.15) is 5.26 Å². The molecule has 1 aliphatic rings. The van der Waals surface area contributed by atoms with Gasteiger partial charge in [0.25, 0.3) is 0 Å². The highest BCUT2D eigenvalue weighted by atomic mass is 19.1. The molecule has 0 atom stereocenters. The standard InChI is InChI=1S/C18H22FNO2/c1-2-3-4-13-5-7-14(8-6-13)18(21)22-16-10-9-15(12-20)17(19)11-16/h9-11,13-14H,2-8H2,1H3/t13-,14-. The lowest BCUT2D eigenvalue weighted by atomic mass is 9.80. The molecule has 22 heavy (non-hydrogen) atoms. The molecule has 4 heteroatoms. The fourth-order valence-electron chi connectivity index (χ4n) is 3.03. The van der Waals surface area contributed by atoms with E-state index in [1.807, 2.05) is 0 Å². The van der Waals surface area contributed by atoms with Gasteiger partial charge in [-0.3, -0.25) is 4.79 Å². The number of ether oxygens (including phenoxy) is 1. The number of hydrogen-bond acceptors (Lipinski definition) is 3. The van der Waals surface area contributed by atoms with Crippen molar-refractivity contribution in [2.45, 2.75) is 51.9 Å². The van der Waals surface area contributed by atoms with Gasteiger partial charge in [0.1, 0.15) is 17.6 Å². The number of benzene rings is 1. The summed E-state index contributed by atoms with van der Waals surface area (Å²) in [6, 6.07) is 5.64. The summed E-state index contributed by atoms with van der Waals surface area (Å²) < 4.78 is 18.8. The number of hydrogen-bond donors (Lipinski definition) is 0. The van der Waals surface area contributed by atoms with Gasteiger partial charge in [-0.25, -0.2) is 4.39 Å². The highest BCUT2D eigenvalue weighted by Crippen LogP contribution is 2.33. The first-order chi connectivity index (χ1) is 10.6.